The molecule has 1 atom stereocenters. The second-order valence-electron chi connectivity index (χ2n) is 3.60. The third-order valence-corrected chi connectivity index (χ3v) is 3.20. The van der Waals surface area contributed by atoms with E-state index in [9.17, 15) is 9.90 Å². The first-order chi connectivity index (χ1) is 6.96. The number of rotatable bonds is 4. The number of anilines is 1. The number of aliphatic hydroxyl groups is 1. The Kier molecular flexibility index (Phi) is 4.09. The van der Waals surface area contributed by atoms with Crippen LogP contribution in [0.5, 0.6) is 0 Å². The van der Waals surface area contributed by atoms with Gasteiger partial charge in [-0.05, 0) is 35.9 Å². The molecule has 1 aromatic heterocycles. The molecule has 6 heteroatoms. The van der Waals surface area contributed by atoms with E-state index in [0.29, 0.717) is 22.4 Å². The van der Waals surface area contributed by atoms with Gasteiger partial charge >= 0.3 is 0 Å². The molecule has 1 heterocycles. The van der Waals surface area contributed by atoms with Gasteiger partial charge in [0.1, 0.15) is 9.39 Å². The Morgan fingerprint density at radius 3 is 3.00 bits per heavy atom. The second-order valence-corrected chi connectivity index (χ2v) is 4.68. The molecule has 1 unspecified atom stereocenters. The van der Waals surface area contributed by atoms with Crippen LogP contribution in [0.25, 0.3) is 0 Å². The molecule has 5 nitrogen and oxygen atoms in total. The van der Waals surface area contributed by atoms with Crippen molar-refractivity contribution in [3.8, 4) is 0 Å². The van der Waals surface area contributed by atoms with Crippen molar-refractivity contribution < 1.29 is 5.11 Å². The van der Waals surface area contributed by atoms with Crippen LogP contribution >= 0.6 is 22.6 Å². The summed E-state index contributed by atoms with van der Waals surface area (Å²) in [5.41, 5.74) is -0.961. The first kappa shape index (κ1) is 12.4. The molecule has 84 valence electrons. The van der Waals surface area contributed by atoms with E-state index in [4.69, 9.17) is 0 Å². The van der Waals surface area contributed by atoms with E-state index in [1.54, 1.807) is 6.92 Å². The van der Waals surface area contributed by atoms with Gasteiger partial charge in [-0.2, -0.15) is 0 Å². The summed E-state index contributed by atoms with van der Waals surface area (Å²) in [6.07, 6.45) is 1.98. The average Bonchev–Trinajstić information content (AvgIpc) is 2.20. The highest BCUT2D eigenvalue weighted by Crippen LogP contribution is 2.13. The molecule has 0 amide bonds. The minimum Gasteiger partial charge on any atom is -0.388 e. The maximum atomic E-state index is 11.2. The normalized spacial score (nSPS) is 14.7. The summed E-state index contributed by atoms with van der Waals surface area (Å²) in [5.74, 6) is 0.507. The first-order valence-corrected chi connectivity index (χ1v) is 5.73. The van der Waals surface area contributed by atoms with E-state index in [1.807, 2.05) is 29.5 Å². The minimum atomic E-state index is -0.784. The van der Waals surface area contributed by atoms with Crippen molar-refractivity contribution >= 4 is 28.4 Å². The van der Waals surface area contributed by atoms with Crippen molar-refractivity contribution in [1.29, 1.82) is 0 Å². The summed E-state index contributed by atoms with van der Waals surface area (Å²) in [6, 6.07) is 0. The van der Waals surface area contributed by atoms with E-state index in [-0.39, 0.29) is 5.56 Å². The molecular formula is C9H14IN3O2. The topological polar surface area (TPSA) is 78.0 Å². The first-order valence-electron chi connectivity index (χ1n) is 4.65. The van der Waals surface area contributed by atoms with E-state index in [0.717, 1.165) is 0 Å². The average molecular weight is 323 g/mol. The highest BCUT2D eigenvalue weighted by atomic mass is 127. The van der Waals surface area contributed by atoms with Crippen LogP contribution in [-0.2, 0) is 0 Å². The fraction of sp³-hybridized carbons (Fsp3) is 0.556. The Hall–Kier alpha value is -0.630. The van der Waals surface area contributed by atoms with Gasteiger partial charge < -0.3 is 15.4 Å². The molecule has 0 saturated carbocycles. The van der Waals surface area contributed by atoms with Gasteiger partial charge in [0, 0.05) is 6.54 Å². The zero-order valence-electron chi connectivity index (χ0n) is 8.67. The molecule has 1 aromatic rings. The summed E-state index contributed by atoms with van der Waals surface area (Å²) in [6.45, 7) is 4.01. The minimum absolute atomic E-state index is 0.177. The summed E-state index contributed by atoms with van der Waals surface area (Å²) in [7, 11) is 0. The van der Waals surface area contributed by atoms with Crippen molar-refractivity contribution in [1.82, 2.24) is 9.97 Å². The smallest absolute Gasteiger partial charge is 0.266 e. The predicted octanol–water partition coefficient (Wildman–Crippen LogP) is 0.947. The second kappa shape index (κ2) is 4.93. The number of H-pyrrole nitrogens is 1. The van der Waals surface area contributed by atoms with Crippen LogP contribution in [-0.4, -0.2) is 27.2 Å². The lowest BCUT2D eigenvalue weighted by Gasteiger charge is -2.21. The monoisotopic (exact) mass is 323 g/mol. The van der Waals surface area contributed by atoms with Crippen LogP contribution in [0.15, 0.2) is 11.1 Å². The molecule has 0 radical (unpaired) electrons. The molecule has 0 aromatic carbocycles. The Bertz CT molecular complexity index is 389. The maximum absolute atomic E-state index is 11.2. The largest absolute Gasteiger partial charge is 0.388 e. The molecule has 0 aliphatic heterocycles. The van der Waals surface area contributed by atoms with Gasteiger partial charge in [-0.1, -0.05) is 6.92 Å². The van der Waals surface area contributed by atoms with Crippen LogP contribution < -0.4 is 10.9 Å². The fourth-order valence-corrected chi connectivity index (χ4v) is 1.39. The summed E-state index contributed by atoms with van der Waals surface area (Å²) < 4.78 is 0.502. The van der Waals surface area contributed by atoms with Gasteiger partial charge in [-0.25, -0.2) is 4.98 Å². The van der Waals surface area contributed by atoms with Crippen molar-refractivity contribution in [2.75, 3.05) is 11.9 Å². The highest BCUT2D eigenvalue weighted by molar-refractivity contribution is 14.1. The third-order valence-electron chi connectivity index (χ3n) is 2.19. The summed E-state index contributed by atoms with van der Waals surface area (Å²) in [4.78, 5) is 17.7. The quantitative estimate of drug-likeness (QED) is 0.721. The Morgan fingerprint density at radius 1 is 1.73 bits per heavy atom. The highest BCUT2D eigenvalue weighted by Gasteiger charge is 2.18. The van der Waals surface area contributed by atoms with Gasteiger partial charge in [-0.3, -0.25) is 4.79 Å². The molecule has 15 heavy (non-hydrogen) atoms. The van der Waals surface area contributed by atoms with Gasteiger partial charge in [0.25, 0.3) is 5.56 Å². The summed E-state index contributed by atoms with van der Waals surface area (Å²) >= 11 is 1.92. The molecule has 0 aliphatic rings. The molecular weight excluding hydrogens is 309 g/mol. The number of nitrogens with one attached hydrogen (secondary N) is 2. The van der Waals surface area contributed by atoms with E-state index in [1.165, 1.54) is 6.33 Å². The molecule has 0 aliphatic carbocycles. The van der Waals surface area contributed by atoms with Crippen molar-refractivity contribution in [3.05, 3.63) is 20.3 Å². The van der Waals surface area contributed by atoms with Crippen LogP contribution in [0.2, 0.25) is 0 Å². The molecule has 3 N–H and O–H groups in total. The van der Waals surface area contributed by atoms with Gasteiger partial charge in [-0.15, -0.1) is 0 Å². The molecule has 0 spiro atoms. The van der Waals surface area contributed by atoms with Gasteiger partial charge in [0.15, 0.2) is 0 Å². The number of halogens is 1. The zero-order chi connectivity index (χ0) is 11.5. The molecule has 0 saturated heterocycles. The van der Waals surface area contributed by atoms with Crippen LogP contribution in [0, 0.1) is 3.57 Å². The summed E-state index contributed by atoms with van der Waals surface area (Å²) in [5, 5.41) is 12.7. The Morgan fingerprint density at radius 2 is 2.40 bits per heavy atom. The van der Waals surface area contributed by atoms with Gasteiger partial charge in [0.05, 0.1) is 11.9 Å². The molecule has 1 rings (SSSR count). The number of nitrogens with zero attached hydrogens (tertiary/aromatic N) is 1. The number of hydrogen-bond acceptors (Lipinski definition) is 4. The molecule has 0 fully saturated rings. The van der Waals surface area contributed by atoms with Crippen LogP contribution in [0.3, 0.4) is 0 Å². The van der Waals surface area contributed by atoms with Crippen molar-refractivity contribution in [2.45, 2.75) is 25.9 Å². The lowest BCUT2D eigenvalue weighted by molar-refractivity contribution is 0.0696. The van der Waals surface area contributed by atoms with Crippen molar-refractivity contribution in [2.24, 2.45) is 0 Å². The maximum Gasteiger partial charge on any atom is 0.266 e. The lowest BCUT2D eigenvalue weighted by Crippen LogP contribution is -2.33. The third kappa shape index (κ3) is 3.45. The SMILES string of the molecule is CCC(C)(O)CNc1nc[nH]c(=O)c1I. The van der Waals surface area contributed by atoms with E-state index >= 15 is 0 Å². The van der Waals surface area contributed by atoms with E-state index in [2.05, 4.69) is 15.3 Å². The Balaban J connectivity index is 2.74. The fourth-order valence-electron chi connectivity index (χ4n) is 0.905. The Labute approximate surface area is 101 Å². The number of aromatic nitrogens is 2. The van der Waals surface area contributed by atoms with Crippen molar-refractivity contribution in [3.63, 3.8) is 0 Å². The number of aromatic amines is 1. The van der Waals surface area contributed by atoms with Gasteiger partial charge in [0.2, 0.25) is 0 Å². The number of hydrogen-bond donors (Lipinski definition) is 3. The van der Waals surface area contributed by atoms with Crippen LogP contribution in [0.4, 0.5) is 5.82 Å². The zero-order valence-corrected chi connectivity index (χ0v) is 10.8. The standard InChI is InChI=1S/C9H14IN3O2/c1-3-9(2,15)4-11-7-6(10)8(14)13-5-12-7/h5,15H,3-4H2,1-2H3,(H2,11,12,13,14). The van der Waals surface area contributed by atoms with Crippen LogP contribution in [0.1, 0.15) is 20.3 Å². The molecule has 0 bridgehead atoms. The predicted molar refractivity (Wildman–Crippen MR) is 67.0 cm³/mol. The lowest BCUT2D eigenvalue weighted by atomic mass is 10.0. The van der Waals surface area contributed by atoms with E-state index < -0.39 is 5.60 Å².